The van der Waals surface area contributed by atoms with E-state index in [0.29, 0.717) is 6.67 Å². The molecule has 0 unspecified atom stereocenters. The standard InChI is InChI=1S/C18H19BrN4/c1-14-20-18(16-6-4-3-5-7-16)23(21-14)13-22(2)12-15-8-10-17(19)11-9-15/h3-11H,12-13H2,1-2H3. The molecule has 1 aromatic heterocycles. The molecule has 0 saturated carbocycles. The summed E-state index contributed by atoms with van der Waals surface area (Å²) in [5.74, 6) is 1.70. The zero-order valence-corrected chi connectivity index (χ0v) is 14.9. The molecule has 5 heteroatoms. The van der Waals surface area contributed by atoms with Crippen LogP contribution in [-0.2, 0) is 13.2 Å². The van der Waals surface area contributed by atoms with Gasteiger partial charge in [0.05, 0.1) is 6.67 Å². The molecule has 4 nitrogen and oxygen atoms in total. The maximum atomic E-state index is 4.57. The van der Waals surface area contributed by atoms with Crippen LogP contribution < -0.4 is 0 Å². The summed E-state index contributed by atoms with van der Waals surface area (Å²) >= 11 is 3.47. The van der Waals surface area contributed by atoms with Gasteiger partial charge in [0.1, 0.15) is 5.82 Å². The van der Waals surface area contributed by atoms with Gasteiger partial charge in [-0.3, -0.25) is 4.90 Å². The lowest BCUT2D eigenvalue weighted by atomic mass is 10.2. The smallest absolute Gasteiger partial charge is 0.159 e. The van der Waals surface area contributed by atoms with Crippen LogP contribution in [0.1, 0.15) is 11.4 Å². The molecule has 2 aromatic carbocycles. The molecule has 0 bridgehead atoms. The van der Waals surface area contributed by atoms with E-state index in [-0.39, 0.29) is 0 Å². The molecule has 0 fully saturated rings. The molecule has 3 rings (SSSR count). The number of hydrogen-bond acceptors (Lipinski definition) is 3. The number of nitrogens with zero attached hydrogens (tertiary/aromatic N) is 4. The van der Waals surface area contributed by atoms with Gasteiger partial charge in [-0.05, 0) is 31.7 Å². The van der Waals surface area contributed by atoms with Crippen LogP contribution in [0.25, 0.3) is 11.4 Å². The highest BCUT2D eigenvalue weighted by Crippen LogP contribution is 2.18. The monoisotopic (exact) mass is 370 g/mol. The molecular weight excluding hydrogens is 352 g/mol. The minimum Gasteiger partial charge on any atom is -0.283 e. The number of rotatable bonds is 5. The van der Waals surface area contributed by atoms with E-state index < -0.39 is 0 Å². The summed E-state index contributed by atoms with van der Waals surface area (Å²) in [5, 5.41) is 4.54. The lowest BCUT2D eigenvalue weighted by Gasteiger charge is -2.18. The molecule has 0 aliphatic carbocycles. The van der Waals surface area contributed by atoms with E-state index in [1.165, 1.54) is 5.56 Å². The molecule has 0 amide bonds. The van der Waals surface area contributed by atoms with Crippen LogP contribution >= 0.6 is 15.9 Å². The van der Waals surface area contributed by atoms with E-state index in [0.717, 1.165) is 28.2 Å². The summed E-state index contributed by atoms with van der Waals surface area (Å²) in [6, 6.07) is 18.6. The number of halogens is 1. The highest BCUT2D eigenvalue weighted by Gasteiger charge is 2.11. The van der Waals surface area contributed by atoms with Crippen LogP contribution in [0, 0.1) is 6.92 Å². The molecule has 0 aliphatic rings. The van der Waals surface area contributed by atoms with Gasteiger partial charge < -0.3 is 0 Å². The summed E-state index contributed by atoms with van der Waals surface area (Å²) in [6.07, 6.45) is 0. The van der Waals surface area contributed by atoms with Crippen molar-refractivity contribution in [3.8, 4) is 11.4 Å². The fourth-order valence-corrected chi connectivity index (χ4v) is 2.80. The molecule has 1 heterocycles. The Hall–Kier alpha value is -1.98. The van der Waals surface area contributed by atoms with E-state index in [2.05, 4.69) is 74.4 Å². The van der Waals surface area contributed by atoms with Crippen molar-refractivity contribution in [2.45, 2.75) is 20.1 Å². The molecular formula is C18H19BrN4. The van der Waals surface area contributed by atoms with Gasteiger partial charge in [0.2, 0.25) is 0 Å². The summed E-state index contributed by atoms with van der Waals surface area (Å²) < 4.78 is 3.06. The van der Waals surface area contributed by atoms with Crippen molar-refractivity contribution in [3.63, 3.8) is 0 Å². The minimum absolute atomic E-state index is 0.696. The van der Waals surface area contributed by atoms with Crippen LogP contribution in [0.2, 0.25) is 0 Å². The topological polar surface area (TPSA) is 34.0 Å². The lowest BCUT2D eigenvalue weighted by Crippen LogP contribution is -2.23. The van der Waals surface area contributed by atoms with Crippen LogP contribution in [0.5, 0.6) is 0 Å². The molecule has 0 N–H and O–H groups in total. The van der Waals surface area contributed by atoms with E-state index in [1.54, 1.807) is 0 Å². The first-order valence-corrected chi connectivity index (χ1v) is 8.31. The van der Waals surface area contributed by atoms with Gasteiger partial charge in [0.15, 0.2) is 5.82 Å². The zero-order valence-electron chi connectivity index (χ0n) is 13.3. The van der Waals surface area contributed by atoms with E-state index in [4.69, 9.17) is 0 Å². The largest absolute Gasteiger partial charge is 0.283 e. The highest BCUT2D eigenvalue weighted by atomic mass is 79.9. The predicted octanol–water partition coefficient (Wildman–Crippen LogP) is 4.11. The molecule has 23 heavy (non-hydrogen) atoms. The molecule has 118 valence electrons. The third kappa shape index (κ3) is 4.06. The Bertz CT molecular complexity index is 765. The van der Waals surface area contributed by atoms with Crippen LogP contribution in [0.4, 0.5) is 0 Å². The summed E-state index contributed by atoms with van der Waals surface area (Å²) in [7, 11) is 2.09. The van der Waals surface area contributed by atoms with Gasteiger partial charge in [0, 0.05) is 16.6 Å². The Morgan fingerprint density at radius 1 is 1.04 bits per heavy atom. The Labute approximate surface area is 144 Å². The van der Waals surface area contributed by atoms with Crippen LogP contribution in [0.15, 0.2) is 59.1 Å². The van der Waals surface area contributed by atoms with E-state index in [1.807, 2.05) is 29.8 Å². The Morgan fingerprint density at radius 3 is 2.43 bits per heavy atom. The van der Waals surface area contributed by atoms with Crippen molar-refractivity contribution in [1.29, 1.82) is 0 Å². The van der Waals surface area contributed by atoms with Gasteiger partial charge in [-0.25, -0.2) is 9.67 Å². The number of aromatic nitrogens is 3. The van der Waals surface area contributed by atoms with Gasteiger partial charge in [0.25, 0.3) is 0 Å². The quantitative estimate of drug-likeness (QED) is 0.677. The van der Waals surface area contributed by atoms with Crippen molar-refractivity contribution in [2.75, 3.05) is 7.05 Å². The highest BCUT2D eigenvalue weighted by molar-refractivity contribution is 9.10. The minimum atomic E-state index is 0.696. The van der Waals surface area contributed by atoms with Crippen molar-refractivity contribution < 1.29 is 0 Å². The predicted molar refractivity (Wildman–Crippen MR) is 95.8 cm³/mol. The van der Waals surface area contributed by atoms with Gasteiger partial charge in [-0.15, -0.1) is 0 Å². The second kappa shape index (κ2) is 7.06. The van der Waals surface area contributed by atoms with Gasteiger partial charge in [-0.2, -0.15) is 5.10 Å². The number of hydrogen-bond donors (Lipinski definition) is 0. The van der Waals surface area contributed by atoms with Crippen molar-refractivity contribution in [1.82, 2.24) is 19.7 Å². The third-order valence-electron chi connectivity index (χ3n) is 3.55. The number of aryl methyl sites for hydroxylation is 1. The molecule has 0 radical (unpaired) electrons. The van der Waals surface area contributed by atoms with E-state index >= 15 is 0 Å². The molecule has 0 atom stereocenters. The third-order valence-corrected chi connectivity index (χ3v) is 4.08. The van der Waals surface area contributed by atoms with Crippen LogP contribution in [-0.4, -0.2) is 26.7 Å². The normalized spacial score (nSPS) is 11.1. The summed E-state index contributed by atoms with van der Waals surface area (Å²) in [5.41, 5.74) is 2.36. The van der Waals surface area contributed by atoms with Crippen molar-refractivity contribution in [2.24, 2.45) is 0 Å². The first-order chi connectivity index (χ1) is 11.1. The maximum Gasteiger partial charge on any atom is 0.159 e. The Kier molecular flexibility index (Phi) is 4.88. The second-order valence-electron chi connectivity index (χ2n) is 5.63. The number of benzene rings is 2. The molecule has 0 spiro atoms. The first kappa shape index (κ1) is 15.9. The molecule has 0 aliphatic heterocycles. The maximum absolute atomic E-state index is 4.57. The second-order valence-corrected chi connectivity index (χ2v) is 6.55. The zero-order chi connectivity index (χ0) is 16.2. The fourth-order valence-electron chi connectivity index (χ4n) is 2.53. The summed E-state index contributed by atoms with van der Waals surface area (Å²) in [6.45, 7) is 3.49. The van der Waals surface area contributed by atoms with Gasteiger partial charge in [-0.1, -0.05) is 58.4 Å². The van der Waals surface area contributed by atoms with Gasteiger partial charge >= 0.3 is 0 Å². The van der Waals surface area contributed by atoms with Crippen molar-refractivity contribution in [3.05, 3.63) is 70.5 Å². The summed E-state index contributed by atoms with van der Waals surface area (Å²) in [4.78, 5) is 6.80. The molecule has 3 aromatic rings. The Balaban J connectivity index is 1.76. The van der Waals surface area contributed by atoms with Crippen LogP contribution in [0.3, 0.4) is 0 Å². The van der Waals surface area contributed by atoms with E-state index in [9.17, 15) is 0 Å². The first-order valence-electron chi connectivity index (χ1n) is 7.51. The van der Waals surface area contributed by atoms with Crippen molar-refractivity contribution >= 4 is 15.9 Å². The lowest BCUT2D eigenvalue weighted by molar-refractivity contribution is 0.247. The SMILES string of the molecule is Cc1nc(-c2ccccc2)n(CN(C)Cc2ccc(Br)cc2)n1. The molecule has 0 saturated heterocycles. The Morgan fingerprint density at radius 2 is 1.74 bits per heavy atom. The average Bonchev–Trinajstić information content (AvgIpc) is 2.91. The fraction of sp³-hybridized carbons (Fsp3) is 0.222. The average molecular weight is 371 g/mol.